The Hall–Kier alpha value is -3.76. The van der Waals surface area contributed by atoms with Crippen LogP contribution in [0, 0.1) is 32.8 Å². The van der Waals surface area contributed by atoms with Crippen LogP contribution in [0.5, 0.6) is 0 Å². The van der Waals surface area contributed by atoms with E-state index in [4.69, 9.17) is 9.47 Å². The molecule has 260 valence electrons. The molecule has 4 aliphatic rings. The van der Waals surface area contributed by atoms with Crippen molar-refractivity contribution in [2.75, 3.05) is 19.8 Å². The number of hydrogen-bond acceptors (Lipinski definition) is 13. The normalized spacial score (nSPS) is 36.1. The molecule has 0 aliphatic heterocycles. The minimum atomic E-state index is -2.53. The Morgan fingerprint density at radius 2 is 1.81 bits per heavy atom. The van der Waals surface area contributed by atoms with Crippen molar-refractivity contribution in [2.24, 2.45) is 22.7 Å². The average Bonchev–Trinajstić information content (AvgIpc) is 3.19. The van der Waals surface area contributed by atoms with Gasteiger partial charge in [-0.05, 0) is 51.0 Å². The van der Waals surface area contributed by atoms with E-state index in [1.165, 1.54) is 19.1 Å². The smallest absolute Gasteiger partial charge is 0.329 e. The number of aliphatic hydroxyl groups is 3. The van der Waals surface area contributed by atoms with Crippen LogP contribution < -0.4 is 5.32 Å². The van der Waals surface area contributed by atoms with Gasteiger partial charge in [-0.3, -0.25) is 19.2 Å². The number of carbonyl (C=O) groups excluding carboxylic acids is 5. The van der Waals surface area contributed by atoms with Gasteiger partial charge in [-0.2, -0.15) is 0 Å². The lowest BCUT2D eigenvalue weighted by atomic mass is 9.45. The van der Waals surface area contributed by atoms with E-state index in [1.807, 2.05) is 0 Å². The standard InChI is InChI=1S/C31H41FN2O13/c1-17(35)33-22(27(41)45-10-4-5-11-47-34(43)44)14-26(40)46-16-25(39)31(42)23(37)13-21-20-7-6-18-12-19(36)8-9-28(18,2)30(20,32)24(38)15-29(21,31)3/h6,8-9,20-24,37-38,42H,4-5,7,10-16H2,1-3H3,(H,33,35)/t20-,21-,22?,23+,24-,28-,29-,30-,31-/m0/s1. The third kappa shape index (κ3) is 6.29. The van der Waals surface area contributed by atoms with E-state index in [-0.39, 0.29) is 51.1 Å². The number of amides is 1. The summed E-state index contributed by atoms with van der Waals surface area (Å²) in [5, 5.41) is 45.8. The van der Waals surface area contributed by atoms with Crippen LogP contribution in [0.4, 0.5) is 4.39 Å². The SMILES string of the molecule is CC(=O)NC(CC(=O)OCC(=O)[C@@]1(O)[C@H](O)C[C@H]2[C@@H]3CC=C4CC(=O)C=C[C@]4(C)[C@@]3(F)[C@@H](O)C[C@@]21C)C(=O)OCCCCO[N+](=O)[O-]. The molecule has 0 aromatic rings. The topological polar surface area (TPSA) is 229 Å². The highest BCUT2D eigenvalue weighted by Crippen LogP contribution is 2.69. The van der Waals surface area contributed by atoms with Gasteiger partial charge in [0.15, 0.2) is 23.7 Å². The zero-order valence-corrected chi connectivity index (χ0v) is 26.4. The number of alkyl halides is 1. The molecule has 0 heterocycles. The highest BCUT2D eigenvalue weighted by atomic mass is 19.1. The van der Waals surface area contributed by atoms with Crippen molar-refractivity contribution < 1.29 is 63.1 Å². The average molecular weight is 669 g/mol. The monoisotopic (exact) mass is 668 g/mol. The maximum absolute atomic E-state index is 17.3. The number of Topliss-reactive ketones (excluding diaryl/α,β-unsaturated/α-hetero) is 1. The second-order valence-corrected chi connectivity index (χ2v) is 13.3. The Kier molecular flexibility index (Phi) is 10.3. The van der Waals surface area contributed by atoms with Gasteiger partial charge in [0.25, 0.3) is 5.09 Å². The summed E-state index contributed by atoms with van der Waals surface area (Å²) < 4.78 is 27.4. The van der Waals surface area contributed by atoms with Gasteiger partial charge in [0.2, 0.25) is 11.7 Å². The Labute approximate surface area is 269 Å². The molecule has 4 rings (SSSR count). The molecule has 0 bridgehead atoms. The van der Waals surface area contributed by atoms with Gasteiger partial charge in [-0.15, -0.1) is 10.1 Å². The number of aliphatic hydroxyl groups excluding tert-OH is 2. The summed E-state index contributed by atoms with van der Waals surface area (Å²) in [6, 6.07) is -1.49. The number of fused-ring (bicyclic) bond motifs is 5. The maximum atomic E-state index is 17.3. The lowest BCUT2D eigenvalue weighted by molar-refractivity contribution is -0.757. The molecule has 4 N–H and O–H groups in total. The lowest BCUT2D eigenvalue weighted by Crippen LogP contribution is -2.69. The first-order chi connectivity index (χ1) is 21.9. The van der Waals surface area contributed by atoms with Crippen LogP contribution in [0.15, 0.2) is 23.8 Å². The molecule has 15 nitrogen and oxygen atoms in total. The van der Waals surface area contributed by atoms with E-state index in [1.54, 1.807) is 13.0 Å². The number of ether oxygens (including phenoxy) is 2. The predicted molar refractivity (Wildman–Crippen MR) is 156 cm³/mol. The maximum Gasteiger partial charge on any atom is 0.329 e. The highest BCUT2D eigenvalue weighted by Gasteiger charge is 2.76. The van der Waals surface area contributed by atoms with E-state index in [9.17, 15) is 49.4 Å². The fourth-order valence-electron chi connectivity index (χ4n) is 8.17. The van der Waals surface area contributed by atoms with Crippen molar-refractivity contribution in [3.05, 3.63) is 33.9 Å². The number of nitrogens with zero attached hydrogens (tertiary/aromatic N) is 1. The van der Waals surface area contributed by atoms with Crippen molar-refractivity contribution in [3.8, 4) is 0 Å². The number of carbonyl (C=O) groups is 5. The molecule has 47 heavy (non-hydrogen) atoms. The predicted octanol–water partition coefficient (Wildman–Crippen LogP) is 0.598. The first kappa shape index (κ1) is 36.1. The first-order valence-corrected chi connectivity index (χ1v) is 15.5. The fraction of sp³-hybridized carbons (Fsp3) is 0.710. The van der Waals surface area contributed by atoms with Crippen LogP contribution in [0.1, 0.15) is 65.7 Å². The Bertz CT molecular complexity index is 1380. The van der Waals surface area contributed by atoms with Gasteiger partial charge in [0, 0.05) is 30.1 Å². The van der Waals surface area contributed by atoms with Crippen molar-refractivity contribution >= 4 is 29.4 Å². The number of hydrogen-bond donors (Lipinski definition) is 4. The quantitative estimate of drug-likeness (QED) is 0.0694. The fourth-order valence-corrected chi connectivity index (χ4v) is 8.17. The molecular formula is C31H41FN2O13. The minimum Gasteiger partial charge on any atom is -0.464 e. The van der Waals surface area contributed by atoms with Crippen LogP contribution in [-0.2, 0) is 38.3 Å². The molecule has 1 amide bonds. The summed E-state index contributed by atoms with van der Waals surface area (Å²) in [6.45, 7) is 2.76. The molecule has 0 spiro atoms. The number of halogens is 1. The molecule has 2 saturated carbocycles. The number of allylic oxidation sites excluding steroid dienone is 4. The third-order valence-electron chi connectivity index (χ3n) is 10.6. The number of nitrogens with one attached hydrogen (secondary N) is 1. The van der Waals surface area contributed by atoms with E-state index in [2.05, 4.69) is 10.2 Å². The molecule has 0 aromatic heterocycles. The summed E-state index contributed by atoms with van der Waals surface area (Å²) in [5.74, 6) is -5.76. The van der Waals surface area contributed by atoms with Crippen molar-refractivity contribution in [1.82, 2.24) is 5.32 Å². The zero-order chi connectivity index (χ0) is 34.9. The summed E-state index contributed by atoms with van der Waals surface area (Å²) in [4.78, 5) is 76.8. The minimum absolute atomic E-state index is 0.0123. The third-order valence-corrected chi connectivity index (χ3v) is 10.6. The summed E-state index contributed by atoms with van der Waals surface area (Å²) >= 11 is 0. The molecule has 4 aliphatic carbocycles. The van der Waals surface area contributed by atoms with Crippen molar-refractivity contribution in [3.63, 3.8) is 0 Å². The molecule has 9 atom stereocenters. The van der Waals surface area contributed by atoms with E-state index in [0.29, 0.717) is 5.57 Å². The van der Waals surface area contributed by atoms with Crippen LogP contribution in [0.25, 0.3) is 0 Å². The van der Waals surface area contributed by atoms with Crippen LogP contribution >= 0.6 is 0 Å². The Morgan fingerprint density at radius 3 is 2.47 bits per heavy atom. The van der Waals surface area contributed by atoms with Gasteiger partial charge < -0.3 is 34.9 Å². The van der Waals surface area contributed by atoms with Gasteiger partial charge >= 0.3 is 11.9 Å². The second kappa shape index (κ2) is 13.4. The van der Waals surface area contributed by atoms with E-state index < -0.39 is 100 Å². The molecule has 1 unspecified atom stereocenters. The number of rotatable bonds is 13. The van der Waals surface area contributed by atoms with Crippen molar-refractivity contribution in [1.29, 1.82) is 0 Å². The van der Waals surface area contributed by atoms with E-state index >= 15 is 4.39 Å². The number of ketones is 2. The Morgan fingerprint density at radius 1 is 1.13 bits per heavy atom. The second-order valence-electron chi connectivity index (χ2n) is 13.3. The summed E-state index contributed by atoms with van der Waals surface area (Å²) in [7, 11) is 0. The van der Waals surface area contributed by atoms with Gasteiger partial charge in [0.05, 0.1) is 31.8 Å². The molecule has 16 heteroatoms. The molecule has 0 aromatic carbocycles. The summed E-state index contributed by atoms with van der Waals surface area (Å²) in [6.07, 6.45) is 0.338. The molecular weight excluding hydrogens is 627 g/mol. The van der Waals surface area contributed by atoms with Crippen LogP contribution in [0.2, 0.25) is 0 Å². The molecule has 2 fully saturated rings. The van der Waals surface area contributed by atoms with Crippen LogP contribution in [0.3, 0.4) is 0 Å². The largest absolute Gasteiger partial charge is 0.464 e. The van der Waals surface area contributed by atoms with Gasteiger partial charge in [-0.25, -0.2) is 9.18 Å². The first-order valence-electron chi connectivity index (χ1n) is 15.5. The summed E-state index contributed by atoms with van der Waals surface area (Å²) in [5.41, 5.74) is -7.08. The number of esters is 2. The molecule has 0 saturated heterocycles. The van der Waals surface area contributed by atoms with Gasteiger partial charge in [0.1, 0.15) is 6.04 Å². The molecule has 0 radical (unpaired) electrons. The number of unbranched alkanes of at least 4 members (excludes halogenated alkanes) is 1. The van der Waals surface area contributed by atoms with Crippen molar-refractivity contribution in [2.45, 2.75) is 95.2 Å². The zero-order valence-electron chi connectivity index (χ0n) is 26.4. The van der Waals surface area contributed by atoms with Gasteiger partial charge in [-0.1, -0.05) is 24.6 Å². The highest BCUT2D eigenvalue weighted by molar-refractivity contribution is 5.94. The van der Waals surface area contributed by atoms with Crippen LogP contribution in [-0.4, -0.2) is 99.2 Å². The lowest BCUT2D eigenvalue weighted by Gasteiger charge is -2.61. The van der Waals surface area contributed by atoms with E-state index in [0.717, 1.165) is 6.92 Å². The Balaban J connectivity index is 1.42.